The van der Waals surface area contributed by atoms with Gasteiger partial charge >= 0.3 is 0 Å². The topological polar surface area (TPSA) is 81.7 Å². The Bertz CT molecular complexity index is 815. The molecule has 3 N–H and O–H groups in total. The summed E-state index contributed by atoms with van der Waals surface area (Å²) in [5, 5.41) is 12.6. The molecule has 1 aliphatic carbocycles. The minimum absolute atomic E-state index is 0.0470. The average molecular weight is 383 g/mol. The molecule has 4 rings (SSSR count). The summed E-state index contributed by atoms with van der Waals surface area (Å²) in [7, 11) is 1.93. The van der Waals surface area contributed by atoms with Crippen LogP contribution in [0.25, 0.3) is 5.57 Å². The molecule has 1 amide bonds. The molecule has 2 fully saturated rings. The van der Waals surface area contributed by atoms with Crippen molar-refractivity contribution < 1.29 is 14.8 Å². The molecule has 2 aliphatic heterocycles. The molecule has 0 aromatic heterocycles. The van der Waals surface area contributed by atoms with E-state index >= 15 is 0 Å². The molecular formula is C22H29N3O3. The average Bonchev–Trinajstić information content (AvgIpc) is 3.45. The van der Waals surface area contributed by atoms with Crippen molar-refractivity contribution in [2.75, 3.05) is 20.1 Å². The van der Waals surface area contributed by atoms with Gasteiger partial charge in [0.2, 0.25) is 5.91 Å². The van der Waals surface area contributed by atoms with Gasteiger partial charge < -0.3 is 5.32 Å². The normalized spacial score (nSPS) is 29.2. The van der Waals surface area contributed by atoms with Crippen LogP contribution in [0.4, 0.5) is 0 Å². The number of amides is 1. The van der Waals surface area contributed by atoms with E-state index in [1.54, 1.807) is 5.48 Å². The van der Waals surface area contributed by atoms with Crippen LogP contribution in [0.5, 0.6) is 0 Å². The first kappa shape index (κ1) is 19.3. The lowest BCUT2D eigenvalue weighted by Gasteiger charge is -2.43. The Kier molecular flexibility index (Phi) is 5.12. The van der Waals surface area contributed by atoms with E-state index in [2.05, 4.69) is 30.4 Å². The third kappa shape index (κ3) is 3.52. The largest absolute Gasteiger partial charge is 0.304 e. The highest BCUT2D eigenvalue weighted by atomic mass is 16.5. The van der Waals surface area contributed by atoms with Crippen molar-refractivity contribution >= 4 is 17.3 Å². The number of carbonyl (C=O) groups is 2. The second kappa shape index (κ2) is 7.43. The second-order valence-corrected chi connectivity index (χ2v) is 8.76. The molecular weight excluding hydrogens is 354 g/mol. The molecule has 6 heteroatoms. The minimum Gasteiger partial charge on any atom is -0.304 e. The molecule has 1 saturated carbocycles. The summed E-state index contributed by atoms with van der Waals surface area (Å²) < 4.78 is 0. The molecule has 1 saturated heterocycles. The van der Waals surface area contributed by atoms with E-state index in [0.717, 1.165) is 19.4 Å². The monoisotopic (exact) mass is 383 g/mol. The number of likely N-dealkylation sites (tertiary alicyclic amines) is 1. The number of aryl methyl sites for hydroxylation is 1. The van der Waals surface area contributed by atoms with Crippen LogP contribution in [0.2, 0.25) is 0 Å². The maximum absolute atomic E-state index is 13.5. The molecule has 1 spiro atoms. The van der Waals surface area contributed by atoms with E-state index in [0.29, 0.717) is 19.4 Å². The van der Waals surface area contributed by atoms with Gasteiger partial charge in [-0.15, -0.1) is 0 Å². The van der Waals surface area contributed by atoms with Crippen molar-refractivity contribution in [1.82, 2.24) is 15.7 Å². The Hall–Kier alpha value is -2.02. The number of hydroxylamine groups is 1. The van der Waals surface area contributed by atoms with E-state index in [1.165, 1.54) is 16.7 Å². The highest BCUT2D eigenvalue weighted by Gasteiger charge is 2.55. The first-order valence-corrected chi connectivity index (χ1v) is 10.1. The zero-order valence-corrected chi connectivity index (χ0v) is 16.6. The van der Waals surface area contributed by atoms with Gasteiger partial charge in [-0.1, -0.05) is 30.3 Å². The van der Waals surface area contributed by atoms with Crippen LogP contribution < -0.4 is 10.8 Å². The van der Waals surface area contributed by atoms with Crippen molar-refractivity contribution in [3.05, 3.63) is 41.5 Å². The molecule has 3 atom stereocenters. The van der Waals surface area contributed by atoms with Crippen molar-refractivity contribution in [3.8, 4) is 0 Å². The fourth-order valence-electron chi connectivity index (χ4n) is 5.11. The molecule has 3 aliphatic rings. The lowest BCUT2D eigenvalue weighted by Crippen LogP contribution is -2.60. The number of piperidine rings is 1. The van der Waals surface area contributed by atoms with Crippen LogP contribution in [-0.2, 0) is 9.59 Å². The minimum atomic E-state index is -0.507. The third-order valence-corrected chi connectivity index (χ3v) is 6.76. The summed E-state index contributed by atoms with van der Waals surface area (Å²) >= 11 is 0. The van der Waals surface area contributed by atoms with Gasteiger partial charge in [0, 0.05) is 13.1 Å². The van der Waals surface area contributed by atoms with Gasteiger partial charge in [-0.3, -0.25) is 19.7 Å². The predicted molar refractivity (Wildman–Crippen MR) is 107 cm³/mol. The number of carbonyl (C=O) groups excluding carboxylic acids is 2. The Morgan fingerprint density at radius 1 is 1.29 bits per heavy atom. The number of Topliss-reactive ketones (excluding diaryl/α,β-unsaturated/α-hetero) is 1. The fraction of sp³-hybridized carbons (Fsp3) is 0.545. The van der Waals surface area contributed by atoms with Crippen molar-refractivity contribution in [2.45, 2.75) is 44.7 Å². The molecule has 1 aromatic carbocycles. The van der Waals surface area contributed by atoms with Crippen LogP contribution in [-0.4, -0.2) is 54.0 Å². The number of nitrogens with zero attached hydrogens (tertiary/aromatic N) is 1. The van der Waals surface area contributed by atoms with E-state index < -0.39 is 17.9 Å². The SMILES string of the molecule is Cc1ccccc1C1=CCNC(C(=O)C2C(C(=O)NO)CC3(CC3)CN2C)C1. The number of benzene rings is 1. The molecule has 0 radical (unpaired) electrons. The Morgan fingerprint density at radius 3 is 2.71 bits per heavy atom. The van der Waals surface area contributed by atoms with E-state index in [9.17, 15) is 14.8 Å². The van der Waals surface area contributed by atoms with Gasteiger partial charge in [0.15, 0.2) is 5.78 Å². The first-order chi connectivity index (χ1) is 13.4. The van der Waals surface area contributed by atoms with E-state index in [1.807, 2.05) is 24.1 Å². The highest BCUT2D eigenvalue weighted by molar-refractivity contribution is 5.96. The Balaban J connectivity index is 1.55. The van der Waals surface area contributed by atoms with Crippen molar-refractivity contribution in [3.63, 3.8) is 0 Å². The first-order valence-electron chi connectivity index (χ1n) is 10.1. The van der Waals surface area contributed by atoms with Gasteiger partial charge in [-0.05, 0) is 61.8 Å². The maximum Gasteiger partial charge on any atom is 0.248 e. The molecule has 3 unspecified atom stereocenters. The summed E-state index contributed by atoms with van der Waals surface area (Å²) in [6.07, 6.45) is 5.62. The Labute approximate surface area is 165 Å². The smallest absolute Gasteiger partial charge is 0.248 e. The molecule has 6 nitrogen and oxygen atoms in total. The molecule has 28 heavy (non-hydrogen) atoms. The summed E-state index contributed by atoms with van der Waals surface area (Å²) in [5.74, 6) is -0.902. The van der Waals surface area contributed by atoms with Crippen LogP contribution in [0.3, 0.4) is 0 Å². The van der Waals surface area contributed by atoms with Crippen LogP contribution in [0.1, 0.15) is 36.8 Å². The van der Waals surface area contributed by atoms with Crippen molar-refractivity contribution in [1.29, 1.82) is 0 Å². The molecule has 150 valence electrons. The van der Waals surface area contributed by atoms with Crippen LogP contribution in [0.15, 0.2) is 30.3 Å². The number of hydrogen-bond acceptors (Lipinski definition) is 5. The van der Waals surface area contributed by atoms with Gasteiger partial charge in [0.1, 0.15) is 0 Å². The number of likely N-dealkylation sites (N-methyl/N-ethyl adjacent to an activating group) is 1. The van der Waals surface area contributed by atoms with E-state index in [4.69, 9.17) is 0 Å². The van der Waals surface area contributed by atoms with Gasteiger partial charge in [-0.2, -0.15) is 0 Å². The van der Waals surface area contributed by atoms with Crippen LogP contribution >= 0.6 is 0 Å². The van der Waals surface area contributed by atoms with Gasteiger partial charge in [-0.25, -0.2) is 5.48 Å². The Morgan fingerprint density at radius 2 is 2.04 bits per heavy atom. The lowest BCUT2D eigenvalue weighted by molar-refractivity contribution is -0.145. The number of rotatable bonds is 4. The maximum atomic E-state index is 13.5. The van der Waals surface area contributed by atoms with Gasteiger partial charge in [0.25, 0.3) is 0 Å². The number of nitrogens with one attached hydrogen (secondary N) is 2. The number of ketones is 1. The van der Waals surface area contributed by atoms with Crippen LogP contribution in [0, 0.1) is 18.3 Å². The zero-order valence-electron chi connectivity index (χ0n) is 16.6. The van der Waals surface area contributed by atoms with Crippen molar-refractivity contribution in [2.24, 2.45) is 11.3 Å². The second-order valence-electron chi connectivity index (χ2n) is 8.76. The summed E-state index contributed by atoms with van der Waals surface area (Å²) in [6.45, 7) is 3.56. The fourth-order valence-corrected chi connectivity index (χ4v) is 5.11. The molecule has 1 aromatic rings. The third-order valence-electron chi connectivity index (χ3n) is 6.76. The molecule has 0 bridgehead atoms. The van der Waals surface area contributed by atoms with Gasteiger partial charge in [0.05, 0.1) is 18.0 Å². The summed E-state index contributed by atoms with van der Waals surface area (Å²) in [4.78, 5) is 27.9. The predicted octanol–water partition coefficient (Wildman–Crippen LogP) is 1.92. The number of hydrogen-bond donors (Lipinski definition) is 3. The zero-order chi connectivity index (χ0) is 19.9. The quantitative estimate of drug-likeness (QED) is 0.547. The summed E-state index contributed by atoms with van der Waals surface area (Å²) in [5.41, 5.74) is 5.51. The molecule has 2 heterocycles. The highest BCUT2D eigenvalue weighted by Crippen LogP contribution is 2.54. The lowest BCUT2D eigenvalue weighted by atomic mass is 9.76. The van der Waals surface area contributed by atoms with E-state index in [-0.39, 0.29) is 17.2 Å². The standard InChI is InChI=1S/C22H29N3O3/c1-14-5-3-4-6-16(14)15-7-10-23-18(11-15)20(26)19-17(21(27)24-28)12-22(8-9-22)13-25(19)2/h3-7,17-19,23,28H,8-13H2,1-2H3,(H,24,27). The summed E-state index contributed by atoms with van der Waals surface area (Å²) in [6, 6.07) is 7.39.